The molecule has 4 heteroatoms. The number of hydrogen-bond acceptors (Lipinski definition) is 2. The molecule has 2 nitrogen and oxygen atoms in total. The standard InChI is InChI=1S/C14H20F2N2/c15-13-3-2-12(10-14(13)16)11-4-8-18(9-5-11)7-1-6-17/h2-3,10-11H,1,4-9,17H2. The highest BCUT2D eigenvalue weighted by atomic mass is 19.2. The number of likely N-dealkylation sites (tertiary alicyclic amines) is 1. The molecule has 1 heterocycles. The lowest BCUT2D eigenvalue weighted by molar-refractivity contribution is 0.211. The van der Waals surface area contributed by atoms with Crippen molar-refractivity contribution in [1.29, 1.82) is 0 Å². The molecule has 0 amide bonds. The molecule has 0 aromatic heterocycles. The van der Waals surface area contributed by atoms with Gasteiger partial charge in [0.05, 0.1) is 0 Å². The van der Waals surface area contributed by atoms with Crippen molar-refractivity contribution in [1.82, 2.24) is 4.90 Å². The quantitative estimate of drug-likeness (QED) is 0.894. The van der Waals surface area contributed by atoms with Crippen molar-refractivity contribution in [3.8, 4) is 0 Å². The summed E-state index contributed by atoms with van der Waals surface area (Å²) in [5, 5.41) is 0. The van der Waals surface area contributed by atoms with E-state index in [2.05, 4.69) is 4.90 Å². The van der Waals surface area contributed by atoms with E-state index in [1.54, 1.807) is 6.07 Å². The van der Waals surface area contributed by atoms with E-state index < -0.39 is 11.6 Å². The van der Waals surface area contributed by atoms with Gasteiger partial charge in [-0.05, 0) is 69.1 Å². The van der Waals surface area contributed by atoms with Crippen molar-refractivity contribution in [3.05, 3.63) is 35.4 Å². The first kappa shape index (κ1) is 13.4. The van der Waals surface area contributed by atoms with Crippen LogP contribution in [0.15, 0.2) is 18.2 Å². The maximum absolute atomic E-state index is 13.2. The van der Waals surface area contributed by atoms with E-state index >= 15 is 0 Å². The van der Waals surface area contributed by atoms with Crippen LogP contribution in [0.25, 0.3) is 0 Å². The van der Waals surface area contributed by atoms with Gasteiger partial charge in [-0.3, -0.25) is 0 Å². The van der Waals surface area contributed by atoms with Crippen LogP contribution >= 0.6 is 0 Å². The van der Waals surface area contributed by atoms with Crippen LogP contribution in [0, 0.1) is 11.6 Å². The second kappa shape index (κ2) is 6.25. The summed E-state index contributed by atoms with van der Waals surface area (Å²) >= 11 is 0. The van der Waals surface area contributed by atoms with Gasteiger partial charge in [0.25, 0.3) is 0 Å². The van der Waals surface area contributed by atoms with Crippen LogP contribution in [0.3, 0.4) is 0 Å². The molecular formula is C14H20F2N2. The third-order valence-electron chi connectivity index (χ3n) is 3.68. The lowest BCUT2D eigenvalue weighted by Gasteiger charge is -2.32. The van der Waals surface area contributed by atoms with Gasteiger partial charge in [0.2, 0.25) is 0 Å². The monoisotopic (exact) mass is 254 g/mol. The van der Waals surface area contributed by atoms with Crippen molar-refractivity contribution in [2.45, 2.75) is 25.2 Å². The maximum atomic E-state index is 13.2. The van der Waals surface area contributed by atoms with E-state index in [1.807, 2.05) is 0 Å². The minimum absolute atomic E-state index is 0.356. The molecule has 0 radical (unpaired) electrons. The predicted molar refractivity (Wildman–Crippen MR) is 68.4 cm³/mol. The fraction of sp³-hybridized carbons (Fsp3) is 0.571. The highest BCUT2D eigenvalue weighted by molar-refractivity contribution is 5.22. The van der Waals surface area contributed by atoms with Crippen molar-refractivity contribution < 1.29 is 8.78 Å². The third kappa shape index (κ3) is 3.27. The zero-order valence-corrected chi connectivity index (χ0v) is 10.5. The zero-order chi connectivity index (χ0) is 13.0. The van der Waals surface area contributed by atoms with Gasteiger partial charge in [-0.25, -0.2) is 8.78 Å². The minimum atomic E-state index is -0.765. The zero-order valence-electron chi connectivity index (χ0n) is 10.5. The van der Waals surface area contributed by atoms with Crippen molar-refractivity contribution in [2.24, 2.45) is 5.73 Å². The molecule has 100 valence electrons. The molecule has 1 aromatic carbocycles. The Labute approximate surface area is 107 Å². The highest BCUT2D eigenvalue weighted by Crippen LogP contribution is 2.28. The summed E-state index contributed by atoms with van der Waals surface area (Å²) in [5.74, 6) is -1.15. The molecule has 0 atom stereocenters. The van der Waals surface area contributed by atoms with Crippen LogP contribution in [-0.2, 0) is 0 Å². The van der Waals surface area contributed by atoms with E-state index in [0.29, 0.717) is 5.92 Å². The molecule has 1 fully saturated rings. The Kier molecular flexibility index (Phi) is 4.66. The normalized spacial score (nSPS) is 18.2. The van der Waals surface area contributed by atoms with Gasteiger partial charge in [0.15, 0.2) is 11.6 Å². The van der Waals surface area contributed by atoms with Gasteiger partial charge >= 0.3 is 0 Å². The van der Waals surface area contributed by atoms with E-state index in [9.17, 15) is 8.78 Å². The molecule has 0 unspecified atom stereocenters. The SMILES string of the molecule is NCCCN1CCC(c2ccc(F)c(F)c2)CC1. The molecule has 18 heavy (non-hydrogen) atoms. The summed E-state index contributed by atoms with van der Waals surface area (Å²) in [5.41, 5.74) is 6.41. The fourth-order valence-corrected chi connectivity index (χ4v) is 2.57. The Morgan fingerprint density at radius 1 is 1.17 bits per heavy atom. The molecule has 1 saturated heterocycles. The Hall–Kier alpha value is -1.00. The number of rotatable bonds is 4. The van der Waals surface area contributed by atoms with Gasteiger partial charge in [0.1, 0.15) is 0 Å². The van der Waals surface area contributed by atoms with Gasteiger partial charge in [-0.1, -0.05) is 6.07 Å². The van der Waals surface area contributed by atoms with E-state index in [0.717, 1.165) is 51.0 Å². The molecule has 0 aliphatic carbocycles. The molecule has 0 spiro atoms. The molecule has 1 aliphatic heterocycles. The van der Waals surface area contributed by atoms with Gasteiger partial charge in [-0.15, -0.1) is 0 Å². The second-order valence-electron chi connectivity index (χ2n) is 4.93. The van der Waals surface area contributed by atoms with Crippen LogP contribution in [0.5, 0.6) is 0 Å². The topological polar surface area (TPSA) is 29.3 Å². The molecule has 0 saturated carbocycles. The van der Waals surface area contributed by atoms with Crippen molar-refractivity contribution >= 4 is 0 Å². The van der Waals surface area contributed by atoms with E-state index in [1.165, 1.54) is 12.1 Å². The van der Waals surface area contributed by atoms with Crippen LogP contribution in [0.1, 0.15) is 30.7 Å². The van der Waals surface area contributed by atoms with Crippen molar-refractivity contribution in [3.63, 3.8) is 0 Å². The molecule has 1 aliphatic rings. The van der Waals surface area contributed by atoms with Crippen LogP contribution < -0.4 is 5.73 Å². The van der Waals surface area contributed by atoms with Gasteiger partial charge < -0.3 is 10.6 Å². The summed E-state index contributed by atoms with van der Waals surface area (Å²) in [6, 6.07) is 4.28. The Bertz CT molecular complexity index is 387. The summed E-state index contributed by atoms with van der Waals surface area (Å²) in [6.45, 7) is 3.80. The van der Waals surface area contributed by atoms with Gasteiger partial charge in [0, 0.05) is 0 Å². The fourth-order valence-electron chi connectivity index (χ4n) is 2.57. The molecule has 0 bridgehead atoms. The van der Waals surface area contributed by atoms with Crippen LogP contribution in [0.4, 0.5) is 8.78 Å². The average molecular weight is 254 g/mol. The number of halogens is 2. The second-order valence-corrected chi connectivity index (χ2v) is 4.93. The molecular weight excluding hydrogens is 234 g/mol. The smallest absolute Gasteiger partial charge is 0.159 e. The first-order valence-electron chi connectivity index (χ1n) is 6.58. The first-order chi connectivity index (χ1) is 8.70. The number of nitrogens with zero attached hydrogens (tertiary/aromatic N) is 1. The molecule has 2 rings (SSSR count). The summed E-state index contributed by atoms with van der Waals surface area (Å²) in [4.78, 5) is 2.39. The lowest BCUT2D eigenvalue weighted by Crippen LogP contribution is -2.34. The maximum Gasteiger partial charge on any atom is 0.159 e. The number of nitrogens with two attached hydrogens (primary N) is 1. The van der Waals surface area contributed by atoms with E-state index in [-0.39, 0.29) is 0 Å². The summed E-state index contributed by atoms with van der Waals surface area (Å²) in [6.07, 6.45) is 3.04. The number of hydrogen-bond donors (Lipinski definition) is 1. The highest BCUT2D eigenvalue weighted by Gasteiger charge is 2.20. The summed E-state index contributed by atoms with van der Waals surface area (Å²) < 4.78 is 26.1. The van der Waals surface area contributed by atoms with Crippen LogP contribution in [0.2, 0.25) is 0 Å². The Morgan fingerprint density at radius 2 is 1.89 bits per heavy atom. The minimum Gasteiger partial charge on any atom is -0.330 e. The predicted octanol–water partition coefficient (Wildman–Crippen LogP) is 2.49. The number of piperidine rings is 1. The first-order valence-corrected chi connectivity index (χ1v) is 6.58. The lowest BCUT2D eigenvalue weighted by atomic mass is 9.89. The van der Waals surface area contributed by atoms with Crippen molar-refractivity contribution in [2.75, 3.05) is 26.2 Å². The third-order valence-corrected chi connectivity index (χ3v) is 3.68. The molecule has 1 aromatic rings. The van der Waals surface area contributed by atoms with Gasteiger partial charge in [-0.2, -0.15) is 0 Å². The summed E-state index contributed by atoms with van der Waals surface area (Å²) in [7, 11) is 0. The Balaban J connectivity index is 1.90. The van der Waals surface area contributed by atoms with E-state index in [4.69, 9.17) is 5.73 Å². The number of benzene rings is 1. The van der Waals surface area contributed by atoms with Crippen LogP contribution in [-0.4, -0.2) is 31.1 Å². The Morgan fingerprint density at radius 3 is 2.50 bits per heavy atom. The largest absolute Gasteiger partial charge is 0.330 e. The average Bonchev–Trinajstić information content (AvgIpc) is 2.40. The molecule has 2 N–H and O–H groups in total.